The minimum Gasteiger partial charge on any atom is -0.399 e. The highest BCUT2D eigenvalue weighted by atomic mass is 14.5. The summed E-state index contributed by atoms with van der Waals surface area (Å²) in [5, 5.41) is 0. The predicted octanol–water partition coefficient (Wildman–Crippen LogP) is 6.11. The van der Waals surface area contributed by atoms with Crippen LogP contribution < -0.4 is 17.2 Å². The first-order chi connectivity index (χ1) is 15.2. The van der Waals surface area contributed by atoms with Crippen molar-refractivity contribution in [2.75, 3.05) is 17.2 Å². The molecular weight excluding hydrogens is 390 g/mol. The first kappa shape index (κ1) is 21.5. The van der Waals surface area contributed by atoms with Crippen LogP contribution in [-0.2, 0) is 10.8 Å². The van der Waals surface area contributed by atoms with Gasteiger partial charge in [0.1, 0.15) is 0 Å². The second-order valence-electron chi connectivity index (χ2n) is 9.19. The van der Waals surface area contributed by atoms with Crippen LogP contribution in [0.5, 0.6) is 0 Å². The number of benzene rings is 4. The maximum absolute atomic E-state index is 5.98. The van der Waals surface area contributed by atoms with Crippen molar-refractivity contribution >= 4 is 17.1 Å². The number of nitrogens with two attached hydrogens (primary N) is 3. The lowest BCUT2D eigenvalue weighted by Crippen LogP contribution is -2.26. The SMILES string of the molecule is CC(C)(c1ccc(N)cc1)c1ccc(C(C)(c2ccc(N)cc2)c2ccc(N)cc2)cc1. The third-order valence-corrected chi connectivity index (χ3v) is 6.79. The van der Waals surface area contributed by atoms with Crippen LogP contribution in [0.4, 0.5) is 17.1 Å². The van der Waals surface area contributed by atoms with Crippen molar-refractivity contribution in [2.24, 2.45) is 0 Å². The summed E-state index contributed by atoms with van der Waals surface area (Å²) in [5.74, 6) is 0. The summed E-state index contributed by atoms with van der Waals surface area (Å²) in [5.41, 5.74) is 25.7. The van der Waals surface area contributed by atoms with E-state index in [0.717, 1.165) is 17.1 Å². The van der Waals surface area contributed by atoms with Crippen molar-refractivity contribution < 1.29 is 0 Å². The molecule has 4 rings (SSSR count). The zero-order valence-corrected chi connectivity index (χ0v) is 19.0. The van der Waals surface area contributed by atoms with E-state index in [4.69, 9.17) is 17.2 Å². The van der Waals surface area contributed by atoms with Gasteiger partial charge in [0.15, 0.2) is 0 Å². The molecule has 6 N–H and O–H groups in total. The van der Waals surface area contributed by atoms with Gasteiger partial charge in [0.2, 0.25) is 0 Å². The molecule has 0 aliphatic rings. The van der Waals surface area contributed by atoms with E-state index in [1.54, 1.807) is 0 Å². The first-order valence-electron chi connectivity index (χ1n) is 10.9. The standard InChI is InChI=1S/C29H31N3/c1-28(2,21-8-14-25(30)15-9-21)20-4-6-22(7-5-20)29(3,23-10-16-26(31)17-11-23)24-12-18-27(32)19-13-24/h4-19H,30-32H2,1-3H3. The lowest BCUT2D eigenvalue weighted by atomic mass is 9.70. The van der Waals surface area contributed by atoms with E-state index in [2.05, 4.69) is 81.4 Å². The van der Waals surface area contributed by atoms with Crippen LogP contribution >= 0.6 is 0 Å². The number of anilines is 3. The molecular formula is C29H31N3. The largest absolute Gasteiger partial charge is 0.399 e. The number of rotatable bonds is 5. The van der Waals surface area contributed by atoms with Crippen molar-refractivity contribution in [1.29, 1.82) is 0 Å². The normalized spacial score (nSPS) is 12.0. The highest BCUT2D eigenvalue weighted by molar-refractivity contribution is 5.55. The Morgan fingerprint density at radius 2 is 0.594 bits per heavy atom. The molecule has 0 atom stereocenters. The monoisotopic (exact) mass is 421 g/mol. The lowest BCUT2D eigenvalue weighted by Gasteiger charge is -2.33. The van der Waals surface area contributed by atoms with Crippen LogP contribution in [0.15, 0.2) is 97.1 Å². The van der Waals surface area contributed by atoms with Gasteiger partial charge in [-0.3, -0.25) is 0 Å². The van der Waals surface area contributed by atoms with Gasteiger partial charge in [-0.1, -0.05) is 74.5 Å². The molecule has 0 unspecified atom stereocenters. The van der Waals surface area contributed by atoms with E-state index in [1.165, 1.54) is 27.8 Å². The topological polar surface area (TPSA) is 78.1 Å². The minimum atomic E-state index is -0.342. The van der Waals surface area contributed by atoms with Crippen molar-refractivity contribution in [3.63, 3.8) is 0 Å². The molecule has 0 aliphatic carbocycles. The Morgan fingerprint density at radius 3 is 0.906 bits per heavy atom. The summed E-state index contributed by atoms with van der Waals surface area (Å²) in [6.07, 6.45) is 0. The van der Waals surface area contributed by atoms with Crippen LogP contribution in [0, 0.1) is 0 Å². The third kappa shape index (κ3) is 3.82. The Labute approximate surface area is 190 Å². The lowest BCUT2D eigenvalue weighted by molar-refractivity contribution is 0.637. The fourth-order valence-corrected chi connectivity index (χ4v) is 4.42. The van der Waals surface area contributed by atoms with Gasteiger partial charge in [0, 0.05) is 27.9 Å². The summed E-state index contributed by atoms with van der Waals surface area (Å²) >= 11 is 0. The van der Waals surface area contributed by atoms with Crippen LogP contribution in [0.25, 0.3) is 0 Å². The Bertz CT molecular complexity index is 1140. The molecule has 4 aromatic rings. The van der Waals surface area contributed by atoms with Gasteiger partial charge in [-0.25, -0.2) is 0 Å². The number of nitrogen functional groups attached to an aromatic ring is 3. The van der Waals surface area contributed by atoms with Gasteiger partial charge in [-0.2, -0.15) is 0 Å². The fraction of sp³-hybridized carbons (Fsp3) is 0.172. The van der Waals surface area contributed by atoms with E-state index < -0.39 is 0 Å². The average molecular weight is 422 g/mol. The van der Waals surface area contributed by atoms with Gasteiger partial charge in [0.25, 0.3) is 0 Å². The summed E-state index contributed by atoms with van der Waals surface area (Å²) in [7, 11) is 0. The maximum Gasteiger partial charge on any atom is 0.0423 e. The van der Waals surface area contributed by atoms with Crippen molar-refractivity contribution in [2.45, 2.75) is 31.6 Å². The molecule has 3 nitrogen and oxygen atoms in total. The molecule has 0 saturated heterocycles. The van der Waals surface area contributed by atoms with Gasteiger partial charge in [-0.15, -0.1) is 0 Å². The second kappa shape index (κ2) is 8.08. The first-order valence-corrected chi connectivity index (χ1v) is 10.9. The van der Waals surface area contributed by atoms with Crippen molar-refractivity contribution in [3.05, 3.63) is 125 Å². The van der Waals surface area contributed by atoms with Crippen LogP contribution in [0.3, 0.4) is 0 Å². The molecule has 0 saturated carbocycles. The summed E-state index contributed by atoms with van der Waals surface area (Å²) < 4.78 is 0. The molecule has 0 fully saturated rings. The zero-order valence-electron chi connectivity index (χ0n) is 19.0. The van der Waals surface area contributed by atoms with Crippen molar-refractivity contribution in [3.8, 4) is 0 Å². The molecule has 0 radical (unpaired) electrons. The molecule has 0 bridgehead atoms. The van der Waals surface area contributed by atoms with Gasteiger partial charge in [-0.05, 0) is 71.1 Å². The second-order valence-corrected chi connectivity index (χ2v) is 9.19. The van der Waals surface area contributed by atoms with Crippen molar-refractivity contribution in [1.82, 2.24) is 0 Å². The van der Waals surface area contributed by atoms with E-state index in [0.29, 0.717) is 0 Å². The fourth-order valence-electron chi connectivity index (χ4n) is 4.42. The van der Waals surface area contributed by atoms with Crippen LogP contribution in [0.1, 0.15) is 48.6 Å². The Kier molecular flexibility index (Phi) is 5.43. The quantitative estimate of drug-likeness (QED) is 0.268. The Morgan fingerprint density at radius 1 is 0.375 bits per heavy atom. The minimum absolute atomic E-state index is 0.134. The molecule has 0 heterocycles. The average Bonchev–Trinajstić information content (AvgIpc) is 2.80. The number of hydrogen-bond acceptors (Lipinski definition) is 3. The molecule has 3 heteroatoms. The van der Waals surface area contributed by atoms with E-state index >= 15 is 0 Å². The van der Waals surface area contributed by atoms with Crippen LogP contribution in [0.2, 0.25) is 0 Å². The van der Waals surface area contributed by atoms with E-state index in [9.17, 15) is 0 Å². The summed E-state index contributed by atoms with van der Waals surface area (Å²) in [6, 6.07) is 33.4. The Hall–Kier alpha value is -3.72. The zero-order chi connectivity index (χ0) is 22.9. The molecule has 0 amide bonds. The smallest absolute Gasteiger partial charge is 0.0423 e. The molecule has 4 aromatic carbocycles. The van der Waals surface area contributed by atoms with Crippen LogP contribution in [-0.4, -0.2) is 0 Å². The van der Waals surface area contributed by atoms with Gasteiger partial charge < -0.3 is 17.2 Å². The number of hydrogen-bond donors (Lipinski definition) is 3. The summed E-state index contributed by atoms with van der Waals surface area (Å²) in [6.45, 7) is 6.74. The highest BCUT2D eigenvalue weighted by Gasteiger charge is 2.32. The molecule has 0 spiro atoms. The highest BCUT2D eigenvalue weighted by Crippen LogP contribution is 2.41. The third-order valence-electron chi connectivity index (χ3n) is 6.79. The summed E-state index contributed by atoms with van der Waals surface area (Å²) in [4.78, 5) is 0. The Balaban J connectivity index is 1.79. The molecule has 162 valence electrons. The molecule has 0 aromatic heterocycles. The predicted molar refractivity (Wildman–Crippen MR) is 137 cm³/mol. The van der Waals surface area contributed by atoms with Gasteiger partial charge >= 0.3 is 0 Å². The molecule has 32 heavy (non-hydrogen) atoms. The van der Waals surface area contributed by atoms with E-state index in [-0.39, 0.29) is 10.8 Å². The van der Waals surface area contributed by atoms with Gasteiger partial charge in [0.05, 0.1) is 0 Å². The van der Waals surface area contributed by atoms with E-state index in [1.807, 2.05) is 36.4 Å². The maximum atomic E-state index is 5.98. The molecule has 0 aliphatic heterocycles.